The molecule has 1 aliphatic rings. The van der Waals surface area contributed by atoms with Crippen molar-refractivity contribution in [3.63, 3.8) is 0 Å². The number of rotatable bonds is 4. The summed E-state index contributed by atoms with van der Waals surface area (Å²) in [6.45, 7) is 0.604. The van der Waals surface area contributed by atoms with E-state index >= 15 is 0 Å². The minimum Gasteiger partial charge on any atom is -0.490 e. The van der Waals surface area contributed by atoms with Crippen LogP contribution in [0.15, 0.2) is 24.3 Å². The summed E-state index contributed by atoms with van der Waals surface area (Å²) in [6, 6.07) is 6.55. The summed E-state index contributed by atoms with van der Waals surface area (Å²) in [7, 11) is 0. The van der Waals surface area contributed by atoms with Crippen molar-refractivity contribution in [2.24, 2.45) is 5.92 Å². The van der Waals surface area contributed by atoms with Crippen LogP contribution in [0.4, 0.5) is 10.2 Å². The van der Waals surface area contributed by atoms with Crippen LogP contribution in [0.25, 0.3) is 11.3 Å². The van der Waals surface area contributed by atoms with Crippen molar-refractivity contribution in [3.05, 3.63) is 30.1 Å². The van der Waals surface area contributed by atoms with Gasteiger partial charge in [0, 0.05) is 11.6 Å². The number of ether oxygens (including phenoxy) is 1. The summed E-state index contributed by atoms with van der Waals surface area (Å²) in [4.78, 5) is 0. The van der Waals surface area contributed by atoms with E-state index in [1.54, 1.807) is 18.2 Å². The van der Waals surface area contributed by atoms with Gasteiger partial charge in [-0.3, -0.25) is 5.10 Å². The maximum Gasteiger partial charge on any atom is 0.165 e. The van der Waals surface area contributed by atoms with Crippen LogP contribution < -0.4 is 10.5 Å². The second-order valence-corrected chi connectivity index (χ2v) is 4.96. The zero-order valence-corrected chi connectivity index (χ0v) is 10.5. The van der Waals surface area contributed by atoms with Gasteiger partial charge in [0.25, 0.3) is 0 Å². The van der Waals surface area contributed by atoms with E-state index in [2.05, 4.69) is 10.2 Å². The smallest absolute Gasteiger partial charge is 0.165 e. The molecule has 3 N–H and O–H groups in total. The molecule has 5 heteroatoms. The number of halogens is 1. The Hall–Kier alpha value is -2.04. The molecule has 19 heavy (non-hydrogen) atoms. The van der Waals surface area contributed by atoms with Crippen molar-refractivity contribution in [2.75, 3.05) is 12.3 Å². The van der Waals surface area contributed by atoms with Crippen molar-refractivity contribution in [3.8, 4) is 17.0 Å². The van der Waals surface area contributed by atoms with Gasteiger partial charge in [-0.25, -0.2) is 4.39 Å². The number of hydrogen-bond acceptors (Lipinski definition) is 3. The summed E-state index contributed by atoms with van der Waals surface area (Å²) in [5.41, 5.74) is 6.93. The van der Waals surface area contributed by atoms with E-state index in [1.807, 2.05) is 0 Å². The molecule has 0 spiro atoms. The monoisotopic (exact) mass is 261 g/mol. The molecule has 1 aliphatic carbocycles. The molecule has 1 saturated carbocycles. The lowest BCUT2D eigenvalue weighted by atomic mass is 9.86. The minimum absolute atomic E-state index is 0.308. The third kappa shape index (κ3) is 2.54. The number of nitrogens with one attached hydrogen (secondary N) is 1. The Labute approximate surface area is 110 Å². The molecule has 0 aliphatic heterocycles. The average molecular weight is 261 g/mol. The zero-order valence-electron chi connectivity index (χ0n) is 10.5. The number of aromatic amines is 1. The second kappa shape index (κ2) is 4.91. The number of benzene rings is 1. The molecule has 100 valence electrons. The lowest BCUT2D eigenvalue weighted by Gasteiger charge is -2.25. The Morgan fingerprint density at radius 1 is 1.37 bits per heavy atom. The van der Waals surface area contributed by atoms with Crippen molar-refractivity contribution in [2.45, 2.75) is 19.3 Å². The molecule has 0 saturated heterocycles. The third-order valence-corrected chi connectivity index (χ3v) is 3.54. The molecule has 1 aromatic heterocycles. The van der Waals surface area contributed by atoms with E-state index in [9.17, 15) is 4.39 Å². The summed E-state index contributed by atoms with van der Waals surface area (Å²) in [5, 5.41) is 6.58. The summed E-state index contributed by atoms with van der Waals surface area (Å²) in [5.74, 6) is 0.931. The molecule has 2 aromatic rings. The van der Waals surface area contributed by atoms with E-state index < -0.39 is 0 Å². The number of nitrogen functional groups attached to an aromatic ring is 1. The fourth-order valence-corrected chi connectivity index (χ4v) is 2.14. The Bertz CT molecular complexity index is 578. The third-order valence-electron chi connectivity index (χ3n) is 3.54. The molecule has 0 unspecified atom stereocenters. The molecule has 0 amide bonds. The van der Waals surface area contributed by atoms with Crippen LogP contribution in [-0.4, -0.2) is 16.8 Å². The van der Waals surface area contributed by atoms with Crippen molar-refractivity contribution in [1.82, 2.24) is 10.2 Å². The van der Waals surface area contributed by atoms with Gasteiger partial charge in [0.1, 0.15) is 5.82 Å². The van der Waals surface area contributed by atoms with Gasteiger partial charge in [0.15, 0.2) is 11.6 Å². The zero-order chi connectivity index (χ0) is 13.2. The average Bonchev–Trinajstić information content (AvgIpc) is 2.76. The number of aromatic nitrogens is 2. The van der Waals surface area contributed by atoms with Crippen LogP contribution in [0.5, 0.6) is 5.75 Å². The maximum absolute atomic E-state index is 13.9. The van der Waals surface area contributed by atoms with Gasteiger partial charge in [0.05, 0.1) is 12.3 Å². The predicted molar refractivity (Wildman–Crippen MR) is 71.2 cm³/mol. The van der Waals surface area contributed by atoms with Gasteiger partial charge >= 0.3 is 0 Å². The highest BCUT2D eigenvalue weighted by Gasteiger charge is 2.18. The van der Waals surface area contributed by atoms with Gasteiger partial charge in [0.2, 0.25) is 0 Å². The summed E-state index contributed by atoms with van der Waals surface area (Å²) < 4.78 is 19.4. The van der Waals surface area contributed by atoms with Crippen molar-refractivity contribution < 1.29 is 9.13 Å². The molecular weight excluding hydrogens is 245 g/mol. The van der Waals surface area contributed by atoms with Gasteiger partial charge in [-0.15, -0.1) is 0 Å². The minimum atomic E-state index is -0.356. The van der Waals surface area contributed by atoms with Crippen molar-refractivity contribution >= 4 is 5.82 Å². The van der Waals surface area contributed by atoms with Gasteiger partial charge in [-0.2, -0.15) is 5.10 Å². The van der Waals surface area contributed by atoms with Crippen LogP contribution in [0.1, 0.15) is 19.3 Å². The highest BCUT2D eigenvalue weighted by Crippen LogP contribution is 2.29. The summed E-state index contributed by atoms with van der Waals surface area (Å²) in [6.07, 6.45) is 3.64. The quantitative estimate of drug-likeness (QED) is 0.889. The molecular formula is C14H16FN3O. The van der Waals surface area contributed by atoms with E-state index in [-0.39, 0.29) is 5.82 Å². The molecule has 4 nitrogen and oxygen atoms in total. The SMILES string of the molecule is Nc1cc(-c2ccc(OCC3CCC3)c(F)c2)[nH]n1. The number of nitrogens with zero attached hydrogens (tertiary/aromatic N) is 1. The first-order chi connectivity index (χ1) is 9.22. The number of H-pyrrole nitrogens is 1. The van der Waals surface area contributed by atoms with E-state index in [1.165, 1.54) is 25.3 Å². The summed E-state index contributed by atoms with van der Waals surface area (Å²) >= 11 is 0. The van der Waals surface area contributed by atoms with Crippen LogP contribution >= 0.6 is 0 Å². The van der Waals surface area contributed by atoms with E-state index in [0.29, 0.717) is 35.3 Å². The van der Waals surface area contributed by atoms with Gasteiger partial charge in [-0.05, 0) is 37.0 Å². The predicted octanol–water partition coefficient (Wildman–Crippen LogP) is 2.98. The Morgan fingerprint density at radius 3 is 2.79 bits per heavy atom. The first-order valence-electron chi connectivity index (χ1n) is 6.46. The van der Waals surface area contributed by atoms with Crippen molar-refractivity contribution in [1.29, 1.82) is 0 Å². The number of nitrogens with two attached hydrogens (primary N) is 1. The fourth-order valence-electron chi connectivity index (χ4n) is 2.14. The van der Waals surface area contributed by atoms with Crippen LogP contribution in [0, 0.1) is 11.7 Å². The first kappa shape index (κ1) is 12.0. The number of anilines is 1. The second-order valence-electron chi connectivity index (χ2n) is 4.96. The number of hydrogen-bond donors (Lipinski definition) is 2. The largest absolute Gasteiger partial charge is 0.490 e. The van der Waals surface area contributed by atoms with Crippen LogP contribution in [0.2, 0.25) is 0 Å². The van der Waals surface area contributed by atoms with E-state index in [4.69, 9.17) is 10.5 Å². The highest BCUT2D eigenvalue weighted by molar-refractivity contribution is 5.62. The molecule has 1 aromatic carbocycles. The Morgan fingerprint density at radius 2 is 2.21 bits per heavy atom. The molecule has 1 fully saturated rings. The normalized spacial score (nSPS) is 15.2. The highest BCUT2D eigenvalue weighted by atomic mass is 19.1. The standard InChI is InChI=1S/C14H16FN3O/c15-11-6-10(12-7-14(16)18-17-12)4-5-13(11)19-8-9-2-1-3-9/h4-7,9H,1-3,8H2,(H3,16,17,18). The maximum atomic E-state index is 13.9. The molecule has 0 atom stereocenters. The van der Waals surface area contributed by atoms with Crippen LogP contribution in [0.3, 0.4) is 0 Å². The lowest BCUT2D eigenvalue weighted by molar-refractivity contribution is 0.175. The van der Waals surface area contributed by atoms with E-state index in [0.717, 1.165) is 0 Å². The Balaban J connectivity index is 1.73. The van der Waals surface area contributed by atoms with Gasteiger partial charge < -0.3 is 10.5 Å². The molecule has 1 heterocycles. The first-order valence-corrected chi connectivity index (χ1v) is 6.46. The lowest BCUT2D eigenvalue weighted by Crippen LogP contribution is -2.19. The topological polar surface area (TPSA) is 63.9 Å². The molecule has 3 rings (SSSR count). The molecule has 0 bridgehead atoms. The Kier molecular flexibility index (Phi) is 3.11. The molecule has 0 radical (unpaired) electrons. The van der Waals surface area contributed by atoms with Crippen LogP contribution in [-0.2, 0) is 0 Å². The fraction of sp³-hybridized carbons (Fsp3) is 0.357. The van der Waals surface area contributed by atoms with Gasteiger partial charge in [-0.1, -0.05) is 6.42 Å².